The highest BCUT2D eigenvalue weighted by Crippen LogP contribution is 2.14. The van der Waals surface area contributed by atoms with Crippen LogP contribution in [-0.4, -0.2) is 37.9 Å². The van der Waals surface area contributed by atoms with E-state index in [0.717, 1.165) is 0 Å². The third-order valence-corrected chi connectivity index (χ3v) is 4.55. The van der Waals surface area contributed by atoms with E-state index in [1.54, 1.807) is 0 Å². The zero-order chi connectivity index (χ0) is 15.6. The molecule has 9 heteroatoms. The molecule has 0 saturated carbocycles. The number of Topliss-reactive ketones (excluding diaryl/α,β-unsaturated/α-hetero) is 1. The largest absolute Gasteiger partial charge is 0.336 e. The van der Waals surface area contributed by atoms with E-state index in [0.29, 0.717) is 5.56 Å². The second kappa shape index (κ2) is 5.52. The number of carbonyl (C=O) groups is 3. The van der Waals surface area contributed by atoms with Crippen molar-refractivity contribution >= 4 is 33.4 Å². The van der Waals surface area contributed by atoms with Crippen molar-refractivity contribution in [3.63, 3.8) is 0 Å². The lowest BCUT2D eigenvalue weighted by atomic mass is 10.1. The number of amides is 3. The Morgan fingerprint density at radius 2 is 1.86 bits per heavy atom. The van der Waals surface area contributed by atoms with Gasteiger partial charge in [0.2, 0.25) is 15.9 Å². The molecule has 1 heterocycles. The molecule has 1 aromatic carbocycles. The Balaban J connectivity index is 2.15. The first-order valence-electron chi connectivity index (χ1n) is 6.01. The summed E-state index contributed by atoms with van der Waals surface area (Å²) in [4.78, 5) is 33.6. The van der Waals surface area contributed by atoms with Crippen molar-refractivity contribution in [3.05, 3.63) is 29.8 Å². The SMILES string of the molecule is CC(=O)c1ccc(NS(=O)(=O)C2CNC(=O)NC2=O)cc1. The van der Waals surface area contributed by atoms with Crippen molar-refractivity contribution in [1.82, 2.24) is 10.6 Å². The molecule has 3 N–H and O–H groups in total. The van der Waals surface area contributed by atoms with Gasteiger partial charge in [0.05, 0.1) is 0 Å². The van der Waals surface area contributed by atoms with Gasteiger partial charge in [0, 0.05) is 17.8 Å². The summed E-state index contributed by atoms with van der Waals surface area (Å²) in [5.41, 5.74) is 0.672. The van der Waals surface area contributed by atoms with Gasteiger partial charge in [-0.2, -0.15) is 0 Å². The zero-order valence-electron chi connectivity index (χ0n) is 11.0. The number of rotatable bonds is 4. The predicted octanol–water partition coefficient (Wildman–Crippen LogP) is -0.161. The standard InChI is InChI=1S/C12H13N3O5S/c1-7(16)8-2-4-9(5-3-8)15-21(19,20)10-6-13-12(18)14-11(10)17/h2-5,10,15H,6H2,1H3,(H2,13,14,17,18). The van der Waals surface area contributed by atoms with Gasteiger partial charge >= 0.3 is 6.03 Å². The Labute approximate surface area is 121 Å². The first-order chi connectivity index (χ1) is 9.79. The molecule has 0 spiro atoms. The molecule has 3 amide bonds. The first kappa shape index (κ1) is 15.0. The maximum atomic E-state index is 12.1. The van der Waals surface area contributed by atoms with Crippen molar-refractivity contribution in [2.24, 2.45) is 0 Å². The minimum Gasteiger partial charge on any atom is -0.336 e. The number of carbonyl (C=O) groups excluding carboxylic acids is 3. The molecule has 0 aromatic heterocycles. The van der Waals surface area contributed by atoms with Gasteiger partial charge in [-0.25, -0.2) is 13.2 Å². The van der Waals surface area contributed by atoms with Crippen LogP contribution in [0.25, 0.3) is 0 Å². The van der Waals surface area contributed by atoms with Crippen LogP contribution in [0.15, 0.2) is 24.3 Å². The molecular weight excluding hydrogens is 298 g/mol. The van der Waals surface area contributed by atoms with E-state index in [-0.39, 0.29) is 18.0 Å². The van der Waals surface area contributed by atoms with Crippen molar-refractivity contribution in [1.29, 1.82) is 0 Å². The predicted molar refractivity (Wildman–Crippen MR) is 74.3 cm³/mol. The van der Waals surface area contributed by atoms with Crippen LogP contribution in [0.3, 0.4) is 0 Å². The van der Waals surface area contributed by atoms with Crippen LogP contribution in [0, 0.1) is 0 Å². The molecule has 8 nitrogen and oxygen atoms in total. The smallest absolute Gasteiger partial charge is 0.321 e. The number of ketones is 1. The van der Waals surface area contributed by atoms with Gasteiger partial charge in [-0.3, -0.25) is 19.6 Å². The van der Waals surface area contributed by atoms with Gasteiger partial charge in [0.25, 0.3) is 0 Å². The van der Waals surface area contributed by atoms with Crippen molar-refractivity contribution in [3.8, 4) is 0 Å². The van der Waals surface area contributed by atoms with E-state index in [2.05, 4.69) is 10.0 Å². The normalized spacial score (nSPS) is 18.6. The molecule has 1 saturated heterocycles. The van der Waals surface area contributed by atoms with E-state index in [4.69, 9.17) is 0 Å². The molecule has 0 bridgehead atoms. The summed E-state index contributed by atoms with van der Waals surface area (Å²) < 4.78 is 26.4. The molecule has 2 rings (SSSR count). The van der Waals surface area contributed by atoms with Gasteiger partial charge < -0.3 is 5.32 Å². The van der Waals surface area contributed by atoms with Crippen LogP contribution in [-0.2, 0) is 14.8 Å². The maximum Gasteiger partial charge on any atom is 0.321 e. The number of nitrogens with one attached hydrogen (secondary N) is 3. The number of anilines is 1. The molecule has 1 unspecified atom stereocenters. The van der Waals surface area contributed by atoms with Gasteiger partial charge in [0.15, 0.2) is 11.0 Å². The number of hydrogen-bond acceptors (Lipinski definition) is 5. The second-order valence-corrected chi connectivity index (χ2v) is 6.33. The minimum atomic E-state index is -4.00. The summed E-state index contributed by atoms with van der Waals surface area (Å²) in [6, 6.07) is 5.07. The fraction of sp³-hybridized carbons (Fsp3) is 0.250. The lowest BCUT2D eigenvalue weighted by Gasteiger charge is -2.22. The zero-order valence-corrected chi connectivity index (χ0v) is 11.9. The number of imide groups is 1. The van der Waals surface area contributed by atoms with Crippen LogP contribution >= 0.6 is 0 Å². The molecule has 0 aliphatic carbocycles. The Kier molecular flexibility index (Phi) is 3.94. The minimum absolute atomic E-state index is 0.140. The summed E-state index contributed by atoms with van der Waals surface area (Å²) in [5.74, 6) is -1.02. The number of hydrogen-bond donors (Lipinski definition) is 3. The summed E-state index contributed by atoms with van der Waals surface area (Å²) in [6.07, 6.45) is 0. The Morgan fingerprint density at radius 3 is 2.38 bits per heavy atom. The number of benzene rings is 1. The molecular formula is C12H13N3O5S. The van der Waals surface area contributed by atoms with Crippen LogP contribution < -0.4 is 15.4 Å². The lowest BCUT2D eigenvalue weighted by molar-refractivity contribution is -0.120. The highest BCUT2D eigenvalue weighted by atomic mass is 32.2. The first-order valence-corrected chi connectivity index (χ1v) is 7.55. The van der Waals surface area contributed by atoms with E-state index in [1.807, 2.05) is 5.32 Å². The summed E-state index contributed by atoms with van der Waals surface area (Å²) in [6.45, 7) is 1.10. The average molecular weight is 311 g/mol. The summed E-state index contributed by atoms with van der Waals surface area (Å²) in [5, 5.41) is 2.72. The monoisotopic (exact) mass is 311 g/mol. The molecule has 21 heavy (non-hydrogen) atoms. The fourth-order valence-electron chi connectivity index (χ4n) is 1.77. The van der Waals surface area contributed by atoms with E-state index >= 15 is 0 Å². The van der Waals surface area contributed by atoms with Gasteiger partial charge in [-0.15, -0.1) is 0 Å². The van der Waals surface area contributed by atoms with Crippen molar-refractivity contribution in [2.45, 2.75) is 12.2 Å². The van der Waals surface area contributed by atoms with Gasteiger partial charge in [-0.1, -0.05) is 0 Å². The lowest BCUT2D eigenvalue weighted by Crippen LogP contribution is -2.58. The van der Waals surface area contributed by atoms with Gasteiger partial charge in [0.1, 0.15) is 0 Å². The molecule has 1 aliphatic heterocycles. The van der Waals surface area contributed by atoms with Crippen LogP contribution in [0.1, 0.15) is 17.3 Å². The summed E-state index contributed by atoms with van der Waals surface area (Å²) >= 11 is 0. The Hall–Kier alpha value is -2.42. The van der Waals surface area contributed by atoms with Crippen LogP contribution in [0.5, 0.6) is 0 Å². The molecule has 1 aliphatic rings. The van der Waals surface area contributed by atoms with E-state index < -0.39 is 27.2 Å². The maximum absolute atomic E-state index is 12.1. The Bertz CT molecular complexity index is 696. The molecule has 112 valence electrons. The molecule has 1 aromatic rings. The Morgan fingerprint density at radius 1 is 1.24 bits per heavy atom. The molecule has 1 atom stereocenters. The van der Waals surface area contributed by atoms with Gasteiger partial charge in [-0.05, 0) is 31.2 Å². The van der Waals surface area contributed by atoms with Crippen LogP contribution in [0.2, 0.25) is 0 Å². The highest BCUT2D eigenvalue weighted by Gasteiger charge is 2.37. The number of urea groups is 1. The summed E-state index contributed by atoms with van der Waals surface area (Å²) in [7, 11) is -4.00. The quantitative estimate of drug-likeness (QED) is 0.667. The van der Waals surface area contributed by atoms with Crippen LogP contribution in [0.4, 0.5) is 10.5 Å². The average Bonchev–Trinajstić information content (AvgIpc) is 2.38. The third-order valence-electron chi connectivity index (χ3n) is 2.90. The molecule has 1 fully saturated rings. The third kappa shape index (κ3) is 3.37. The van der Waals surface area contributed by atoms with E-state index in [1.165, 1.54) is 31.2 Å². The fourth-order valence-corrected chi connectivity index (χ4v) is 3.02. The number of sulfonamides is 1. The highest BCUT2D eigenvalue weighted by molar-refractivity contribution is 7.94. The molecule has 0 radical (unpaired) electrons. The second-order valence-electron chi connectivity index (χ2n) is 4.47. The van der Waals surface area contributed by atoms with E-state index in [9.17, 15) is 22.8 Å². The van der Waals surface area contributed by atoms with Crippen molar-refractivity contribution < 1.29 is 22.8 Å². The van der Waals surface area contributed by atoms with Crippen molar-refractivity contribution in [2.75, 3.05) is 11.3 Å². The topological polar surface area (TPSA) is 121 Å².